The smallest absolute Gasteiger partial charge is 0.234 e. The van der Waals surface area contributed by atoms with E-state index in [1.807, 2.05) is 11.0 Å². The second-order valence-electron chi connectivity index (χ2n) is 6.59. The fourth-order valence-electron chi connectivity index (χ4n) is 3.51. The molecule has 1 aromatic rings. The second-order valence-corrected chi connectivity index (χ2v) is 8.82. The molecule has 128 valence electrons. The number of amides is 1. The van der Waals surface area contributed by atoms with Gasteiger partial charge in [0.05, 0.1) is 30.9 Å². The van der Waals surface area contributed by atoms with Gasteiger partial charge in [-0.15, -0.1) is 0 Å². The molecule has 1 atom stereocenters. The number of hydrogen-bond donors (Lipinski definition) is 1. The van der Waals surface area contributed by atoms with Gasteiger partial charge in [-0.1, -0.05) is 12.8 Å². The van der Waals surface area contributed by atoms with E-state index in [9.17, 15) is 13.2 Å². The molecule has 2 heterocycles. The van der Waals surface area contributed by atoms with E-state index in [-0.39, 0.29) is 36.0 Å². The molecule has 23 heavy (non-hydrogen) atoms. The zero-order valence-corrected chi connectivity index (χ0v) is 14.1. The summed E-state index contributed by atoms with van der Waals surface area (Å²) < 4.78 is 28.9. The number of carbonyl (C=O) groups is 1. The summed E-state index contributed by atoms with van der Waals surface area (Å²) in [5.74, 6) is 1.07. The van der Waals surface area contributed by atoms with Crippen LogP contribution < -0.4 is 5.32 Å². The topological polar surface area (TPSA) is 79.6 Å². The molecule has 7 heteroatoms. The third-order valence-electron chi connectivity index (χ3n) is 4.73. The first kappa shape index (κ1) is 16.5. The van der Waals surface area contributed by atoms with Crippen LogP contribution in [-0.4, -0.2) is 49.4 Å². The Morgan fingerprint density at radius 3 is 2.70 bits per heavy atom. The zero-order valence-electron chi connectivity index (χ0n) is 13.2. The van der Waals surface area contributed by atoms with Crippen LogP contribution in [0.4, 0.5) is 0 Å². The third-order valence-corrected chi connectivity index (χ3v) is 6.48. The maximum absolute atomic E-state index is 12.3. The van der Waals surface area contributed by atoms with Crippen LogP contribution in [0, 0.1) is 0 Å². The molecular formula is C16H24N2O4S. The Kier molecular flexibility index (Phi) is 5.06. The van der Waals surface area contributed by atoms with Crippen molar-refractivity contribution in [3.05, 3.63) is 24.2 Å². The molecule has 1 N–H and O–H groups in total. The molecule has 2 aliphatic rings. The SMILES string of the molecule is O=C(CN(Cc1ccco1)[C@H]1CCS(=O)(=O)C1)NC1CCCC1. The summed E-state index contributed by atoms with van der Waals surface area (Å²) in [7, 11) is -2.98. The van der Waals surface area contributed by atoms with Crippen molar-refractivity contribution in [2.24, 2.45) is 0 Å². The first-order valence-corrected chi connectivity index (χ1v) is 10.1. The number of nitrogens with one attached hydrogen (secondary N) is 1. The van der Waals surface area contributed by atoms with E-state index >= 15 is 0 Å². The van der Waals surface area contributed by atoms with Crippen molar-refractivity contribution in [3.8, 4) is 0 Å². The van der Waals surface area contributed by atoms with Gasteiger partial charge in [-0.2, -0.15) is 0 Å². The van der Waals surface area contributed by atoms with Crippen LogP contribution in [0.1, 0.15) is 37.9 Å². The summed E-state index contributed by atoms with van der Waals surface area (Å²) in [6, 6.07) is 3.82. The lowest BCUT2D eigenvalue weighted by Crippen LogP contribution is -2.45. The molecule has 3 rings (SSSR count). The Hall–Kier alpha value is -1.34. The monoisotopic (exact) mass is 340 g/mol. The molecule has 1 aliphatic carbocycles. The highest BCUT2D eigenvalue weighted by molar-refractivity contribution is 7.91. The van der Waals surface area contributed by atoms with Gasteiger partial charge in [0.2, 0.25) is 5.91 Å². The molecule has 6 nitrogen and oxygen atoms in total. The molecule has 0 unspecified atom stereocenters. The largest absolute Gasteiger partial charge is 0.468 e. The van der Waals surface area contributed by atoms with E-state index < -0.39 is 9.84 Å². The highest BCUT2D eigenvalue weighted by Gasteiger charge is 2.33. The molecule has 0 radical (unpaired) electrons. The van der Waals surface area contributed by atoms with Crippen molar-refractivity contribution < 1.29 is 17.6 Å². The Morgan fingerprint density at radius 2 is 2.09 bits per heavy atom. The Bertz CT molecular complexity index is 621. The average molecular weight is 340 g/mol. The standard InChI is InChI=1S/C16H24N2O4S/c19-16(17-13-4-1-2-5-13)11-18(10-15-6-3-8-22-15)14-7-9-23(20,21)12-14/h3,6,8,13-14H,1-2,4-5,7,9-12H2,(H,17,19)/t14-/m0/s1. The first-order chi connectivity index (χ1) is 11.0. The lowest BCUT2D eigenvalue weighted by Gasteiger charge is -2.27. The van der Waals surface area contributed by atoms with E-state index in [2.05, 4.69) is 5.32 Å². The second kappa shape index (κ2) is 7.05. The number of sulfone groups is 1. The van der Waals surface area contributed by atoms with Gasteiger partial charge in [0.15, 0.2) is 9.84 Å². The Balaban J connectivity index is 1.63. The van der Waals surface area contributed by atoms with Gasteiger partial charge < -0.3 is 9.73 Å². The van der Waals surface area contributed by atoms with Crippen LogP contribution in [0.25, 0.3) is 0 Å². The van der Waals surface area contributed by atoms with Crippen LogP contribution in [0.15, 0.2) is 22.8 Å². The molecule has 0 bridgehead atoms. The predicted octanol–water partition coefficient (Wildman–Crippen LogP) is 1.33. The van der Waals surface area contributed by atoms with Crippen molar-refractivity contribution >= 4 is 15.7 Å². The van der Waals surface area contributed by atoms with Gasteiger partial charge in [-0.05, 0) is 31.4 Å². The highest BCUT2D eigenvalue weighted by atomic mass is 32.2. The summed E-state index contributed by atoms with van der Waals surface area (Å²) in [4.78, 5) is 14.3. The van der Waals surface area contributed by atoms with Gasteiger partial charge in [0, 0.05) is 12.1 Å². The molecule has 2 fully saturated rings. The maximum atomic E-state index is 12.3. The molecule has 0 aromatic carbocycles. The quantitative estimate of drug-likeness (QED) is 0.845. The molecular weight excluding hydrogens is 316 g/mol. The first-order valence-electron chi connectivity index (χ1n) is 8.28. The van der Waals surface area contributed by atoms with E-state index in [1.54, 1.807) is 12.3 Å². The maximum Gasteiger partial charge on any atom is 0.234 e. The lowest BCUT2D eigenvalue weighted by molar-refractivity contribution is -0.123. The normalized spacial score (nSPS) is 24.3. The number of rotatable bonds is 6. The number of hydrogen-bond acceptors (Lipinski definition) is 5. The minimum Gasteiger partial charge on any atom is -0.468 e. The summed E-state index contributed by atoms with van der Waals surface area (Å²) in [5.41, 5.74) is 0. The molecule has 1 saturated heterocycles. The van der Waals surface area contributed by atoms with Crippen LogP contribution >= 0.6 is 0 Å². The minimum absolute atomic E-state index is 0.0206. The van der Waals surface area contributed by atoms with Gasteiger partial charge >= 0.3 is 0 Å². The van der Waals surface area contributed by atoms with Crippen LogP contribution in [-0.2, 0) is 21.2 Å². The van der Waals surface area contributed by atoms with Gasteiger partial charge in [0.1, 0.15) is 5.76 Å². The third kappa shape index (κ3) is 4.57. The highest BCUT2D eigenvalue weighted by Crippen LogP contribution is 2.21. The molecule has 1 saturated carbocycles. The number of furan rings is 1. The zero-order chi connectivity index (χ0) is 16.3. The van der Waals surface area contributed by atoms with Crippen molar-refractivity contribution in [2.75, 3.05) is 18.1 Å². The molecule has 0 spiro atoms. The van der Waals surface area contributed by atoms with Gasteiger partial charge in [-0.25, -0.2) is 8.42 Å². The van der Waals surface area contributed by atoms with Crippen LogP contribution in [0.5, 0.6) is 0 Å². The minimum atomic E-state index is -2.98. The molecule has 1 amide bonds. The Morgan fingerprint density at radius 1 is 1.30 bits per heavy atom. The predicted molar refractivity (Wildman–Crippen MR) is 86.6 cm³/mol. The van der Waals surface area contributed by atoms with Crippen molar-refractivity contribution in [1.82, 2.24) is 10.2 Å². The van der Waals surface area contributed by atoms with Crippen LogP contribution in [0.3, 0.4) is 0 Å². The fourth-order valence-corrected chi connectivity index (χ4v) is 5.27. The van der Waals surface area contributed by atoms with E-state index in [0.717, 1.165) is 18.6 Å². The summed E-state index contributed by atoms with van der Waals surface area (Å²) >= 11 is 0. The van der Waals surface area contributed by atoms with Crippen LogP contribution in [0.2, 0.25) is 0 Å². The van der Waals surface area contributed by atoms with E-state index in [0.29, 0.717) is 13.0 Å². The number of carbonyl (C=O) groups excluding carboxylic acids is 1. The van der Waals surface area contributed by atoms with Crippen molar-refractivity contribution in [3.63, 3.8) is 0 Å². The average Bonchev–Trinajstić information content (AvgIpc) is 3.20. The van der Waals surface area contributed by atoms with Crippen molar-refractivity contribution in [2.45, 2.75) is 50.7 Å². The summed E-state index contributed by atoms with van der Waals surface area (Å²) in [5, 5.41) is 3.07. The van der Waals surface area contributed by atoms with Gasteiger partial charge in [0.25, 0.3) is 0 Å². The molecule has 1 aliphatic heterocycles. The van der Waals surface area contributed by atoms with Crippen molar-refractivity contribution in [1.29, 1.82) is 0 Å². The molecule has 1 aromatic heterocycles. The summed E-state index contributed by atoms with van der Waals surface area (Å²) in [6.07, 6.45) is 6.60. The van der Waals surface area contributed by atoms with Gasteiger partial charge in [-0.3, -0.25) is 9.69 Å². The van der Waals surface area contributed by atoms with E-state index in [4.69, 9.17) is 4.42 Å². The Labute approximate surface area is 137 Å². The fraction of sp³-hybridized carbons (Fsp3) is 0.688. The summed E-state index contributed by atoms with van der Waals surface area (Å²) in [6.45, 7) is 0.683. The van der Waals surface area contributed by atoms with E-state index in [1.165, 1.54) is 12.8 Å². The lowest BCUT2D eigenvalue weighted by atomic mass is 10.2. The number of nitrogens with zero attached hydrogens (tertiary/aromatic N) is 1.